The maximum absolute atomic E-state index is 12.5. The van der Waals surface area contributed by atoms with Crippen molar-refractivity contribution >= 4 is 5.97 Å². The van der Waals surface area contributed by atoms with Crippen molar-refractivity contribution in [2.24, 2.45) is 11.8 Å². The van der Waals surface area contributed by atoms with Gasteiger partial charge in [-0.1, -0.05) is 0 Å². The number of carbonyl (C=O) groups excluding carboxylic acids is 1. The molecule has 36 heavy (non-hydrogen) atoms. The summed E-state index contributed by atoms with van der Waals surface area (Å²) in [6, 6.07) is 3.84. The first kappa shape index (κ1) is 25.2. The Balaban J connectivity index is 1.26. The SMILES string of the molecule is COc1cc(C(=O)OCC2OC(OC3OC=CC4C(O)C5OC5(CO)C34)C(O)C(O)C2O)ccc1O. The average Bonchev–Trinajstić information content (AvgIpc) is 3.57. The maximum atomic E-state index is 12.5. The molecule has 13 heteroatoms. The number of rotatable bonds is 7. The van der Waals surface area contributed by atoms with E-state index in [0.29, 0.717) is 0 Å². The standard InChI is InChI=1S/C23H28O13/c1-31-12-6-9(2-3-11(12)25)20(30)33-7-13-16(27)17(28)18(29)22(34-13)35-21-14-10(4-5-32-21)15(26)19-23(14,8-24)36-19/h2-6,10,13-19,21-22,24-29H,7-8H2,1H3. The van der Waals surface area contributed by atoms with Crippen LogP contribution in [0.15, 0.2) is 30.5 Å². The number of aliphatic hydroxyl groups excluding tert-OH is 5. The third-order valence-corrected chi connectivity index (χ3v) is 7.24. The second-order valence-corrected chi connectivity index (χ2v) is 9.21. The Morgan fingerprint density at radius 3 is 2.58 bits per heavy atom. The molecular weight excluding hydrogens is 484 g/mol. The molecule has 0 radical (unpaired) electrons. The van der Waals surface area contributed by atoms with Gasteiger partial charge in [0.2, 0.25) is 6.29 Å². The molecule has 3 aliphatic heterocycles. The van der Waals surface area contributed by atoms with Gasteiger partial charge in [-0.25, -0.2) is 4.79 Å². The van der Waals surface area contributed by atoms with E-state index in [9.17, 15) is 35.4 Å². The summed E-state index contributed by atoms with van der Waals surface area (Å²) in [4.78, 5) is 12.5. The van der Waals surface area contributed by atoms with Crippen LogP contribution in [0.3, 0.4) is 0 Å². The molecule has 0 bridgehead atoms. The van der Waals surface area contributed by atoms with E-state index in [4.69, 9.17) is 28.4 Å². The smallest absolute Gasteiger partial charge is 0.338 e. The number of benzene rings is 1. The lowest BCUT2D eigenvalue weighted by atomic mass is 9.85. The number of hydrogen-bond acceptors (Lipinski definition) is 13. The Morgan fingerprint density at radius 2 is 1.86 bits per heavy atom. The molecule has 198 valence electrons. The van der Waals surface area contributed by atoms with Gasteiger partial charge in [-0.05, 0) is 24.3 Å². The van der Waals surface area contributed by atoms with Crippen molar-refractivity contribution in [2.75, 3.05) is 20.3 Å². The van der Waals surface area contributed by atoms with Crippen molar-refractivity contribution < 1.29 is 63.9 Å². The summed E-state index contributed by atoms with van der Waals surface area (Å²) in [6.45, 7) is -0.891. The molecule has 0 amide bonds. The fourth-order valence-corrected chi connectivity index (χ4v) is 5.21. The molecule has 13 nitrogen and oxygen atoms in total. The number of epoxide rings is 1. The van der Waals surface area contributed by atoms with Crippen LogP contribution in [0, 0.1) is 11.8 Å². The molecule has 1 aromatic carbocycles. The van der Waals surface area contributed by atoms with Gasteiger partial charge in [0, 0.05) is 5.92 Å². The van der Waals surface area contributed by atoms with Gasteiger partial charge in [0.05, 0.1) is 37.6 Å². The number of phenols is 1. The lowest BCUT2D eigenvalue weighted by Gasteiger charge is -2.43. The molecule has 3 fully saturated rings. The number of ether oxygens (including phenoxy) is 6. The zero-order valence-electron chi connectivity index (χ0n) is 19.1. The monoisotopic (exact) mass is 512 g/mol. The number of carbonyl (C=O) groups is 1. The van der Waals surface area contributed by atoms with Crippen molar-refractivity contribution in [1.82, 2.24) is 0 Å². The van der Waals surface area contributed by atoms with Gasteiger partial charge in [-0.15, -0.1) is 0 Å². The highest BCUT2D eigenvalue weighted by atomic mass is 16.8. The summed E-state index contributed by atoms with van der Waals surface area (Å²) in [6.07, 6.45) is -7.43. The molecule has 11 atom stereocenters. The van der Waals surface area contributed by atoms with Crippen molar-refractivity contribution in [2.45, 2.75) is 54.8 Å². The highest BCUT2D eigenvalue weighted by Crippen LogP contribution is 2.59. The van der Waals surface area contributed by atoms with E-state index in [1.54, 1.807) is 6.08 Å². The highest BCUT2D eigenvalue weighted by molar-refractivity contribution is 5.90. The molecule has 5 rings (SSSR count). The first-order valence-electron chi connectivity index (χ1n) is 11.4. The van der Waals surface area contributed by atoms with E-state index in [0.717, 1.165) is 0 Å². The summed E-state index contributed by atoms with van der Waals surface area (Å²) < 4.78 is 32.7. The fourth-order valence-electron chi connectivity index (χ4n) is 5.21. The van der Waals surface area contributed by atoms with Gasteiger partial charge >= 0.3 is 5.97 Å². The van der Waals surface area contributed by atoms with Gasteiger partial charge in [-0.2, -0.15) is 0 Å². The van der Waals surface area contributed by atoms with Crippen molar-refractivity contribution in [3.05, 3.63) is 36.1 Å². The Hall–Kier alpha value is -2.49. The summed E-state index contributed by atoms with van der Waals surface area (Å²) >= 11 is 0. The predicted octanol–water partition coefficient (Wildman–Crippen LogP) is -2.01. The molecule has 2 saturated heterocycles. The number of hydrogen-bond donors (Lipinski definition) is 6. The summed E-state index contributed by atoms with van der Waals surface area (Å²) in [7, 11) is 1.32. The molecule has 6 N–H and O–H groups in total. The molecule has 11 unspecified atom stereocenters. The number of aromatic hydroxyl groups is 1. The van der Waals surface area contributed by atoms with Crippen LogP contribution in [0.1, 0.15) is 10.4 Å². The molecule has 4 aliphatic rings. The minimum atomic E-state index is -1.71. The summed E-state index contributed by atoms with van der Waals surface area (Å²) in [5.41, 5.74) is -1.01. The zero-order valence-corrected chi connectivity index (χ0v) is 19.1. The van der Waals surface area contributed by atoms with Crippen LogP contribution in [0.5, 0.6) is 11.5 Å². The maximum Gasteiger partial charge on any atom is 0.338 e. The van der Waals surface area contributed by atoms with Crippen LogP contribution >= 0.6 is 0 Å². The normalized spacial score (nSPS) is 42.7. The quantitative estimate of drug-likeness (QED) is 0.173. The third kappa shape index (κ3) is 4.01. The topological polar surface area (TPSA) is 197 Å². The Morgan fingerprint density at radius 1 is 1.08 bits per heavy atom. The number of aliphatic hydroxyl groups is 5. The second kappa shape index (κ2) is 9.43. The molecule has 1 saturated carbocycles. The van der Waals surface area contributed by atoms with Crippen molar-refractivity contribution in [3.8, 4) is 11.5 Å². The fraction of sp³-hybridized carbons (Fsp3) is 0.609. The Kier molecular flexibility index (Phi) is 6.59. The van der Waals surface area contributed by atoms with Crippen LogP contribution in [-0.2, 0) is 23.7 Å². The lowest BCUT2D eigenvalue weighted by molar-refractivity contribution is -0.344. The first-order valence-corrected chi connectivity index (χ1v) is 11.4. The van der Waals surface area contributed by atoms with Crippen molar-refractivity contribution in [1.29, 1.82) is 0 Å². The van der Waals surface area contributed by atoms with Gasteiger partial charge in [-0.3, -0.25) is 0 Å². The largest absolute Gasteiger partial charge is 0.504 e. The summed E-state index contributed by atoms with van der Waals surface area (Å²) in [5, 5.41) is 61.3. The molecule has 1 aliphatic carbocycles. The zero-order chi connectivity index (χ0) is 25.8. The number of fused-ring (bicyclic) bond motifs is 3. The third-order valence-electron chi connectivity index (χ3n) is 7.24. The van der Waals surface area contributed by atoms with Crippen LogP contribution in [0.2, 0.25) is 0 Å². The molecule has 0 aromatic heterocycles. The molecular formula is C23H28O13. The van der Waals surface area contributed by atoms with E-state index in [1.807, 2.05) is 0 Å². The van der Waals surface area contributed by atoms with Gasteiger partial charge < -0.3 is 59.1 Å². The van der Waals surface area contributed by atoms with Gasteiger partial charge in [0.15, 0.2) is 17.8 Å². The van der Waals surface area contributed by atoms with Crippen LogP contribution in [0.25, 0.3) is 0 Å². The second-order valence-electron chi connectivity index (χ2n) is 9.21. The van der Waals surface area contributed by atoms with E-state index in [-0.39, 0.29) is 23.7 Å². The van der Waals surface area contributed by atoms with Crippen LogP contribution < -0.4 is 4.74 Å². The molecule has 0 spiro atoms. The first-order chi connectivity index (χ1) is 17.2. The average molecular weight is 512 g/mol. The van der Waals surface area contributed by atoms with E-state index in [1.165, 1.54) is 31.6 Å². The van der Waals surface area contributed by atoms with Gasteiger partial charge in [0.25, 0.3) is 0 Å². The van der Waals surface area contributed by atoms with E-state index >= 15 is 0 Å². The van der Waals surface area contributed by atoms with Crippen molar-refractivity contribution in [3.63, 3.8) is 0 Å². The van der Waals surface area contributed by atoms with Crippen LogP contribution in [-0.4, -0.2) is 112 Å². The highest BCUT2D eigenvalue weighted by Gasteiger charge is 2.75. The number of phenolic OH excluding ortho intramolecular Hbond substituents is 1. The number of methoxy groups -OCH3 is 1. The van der Waals surface area contributed by atoms with Crippen LogP contribution in [0.4, 0.5) is 0 Å². The summed E-state index contributed by atoms with van der Waals surface area (Å²) in [5.74, 6) is -1.99. The molecule has 3 heterocycles. The van der Waals surface area contributed by atoms with E-state index < -0.39 is 79.2 Å². The minimum Gasteiger partial charge on any atom is -0.504 e. The van der Waals surface area contributed by atoms with E-state index in [2.05, 4.69) is 0 Å². The predicted molar refractivity (Wildman–Crippen MR) is 114 cm³/mol. The Labute approximate surface area is 205 Å². The van der Waals surface area contributed by atoms with Gasteiger partial charge in [0.1, 0.15) is 42.7 Å². The lowest BCUT2D eigenvalue weighted by Crippen LogP contribution is -2.60. The minimum absolute atomic E-state index is 0.0600. The molecule has 1 aromatic rings. The number of esters is 1. The Bertz CT molecular complexity index is 1020.